The van der Waals surface area contributed by atoms with Crippen molar-refractivity contribution in [2.45, 2.75) is 80.6 Å². The van der Waals surface area contributed by atoms with Gasteiger partial charge in [0.15, 0.2) is 0 Å². The Morgan fingerprint density at radius 3 is 1.40 bits per heavy atom. The highest BCUT2D eigenvalue weighted by Gasteiger charge is 2.11. The van der Waals surface area contributed by atoms with Crippen molar-refractivity contribution < 1.29 is 0 Å². The summed E-state index contributed by atoms with van der Waals surface area (Å²) in [5.41, 5.74) is 8.63. The Hall–Kier alpha value is -3.66. The molecule has 0 saturated heterocycles. The monoisotopic (exact) mass is 536 g/mol. The third-order valence-corrected chi connectivity index (χ3v) is 7.85. The summed E-state index contributed by atoms with van der Waals surface area (Å²) < 4.78 is 0. The molecule has 6 heteroatoms. The van der Waals surface area contributed by atoms with Gasteiger partial charge >= 0.3 is 0 Å². The molecule has 6 nitrogen and oxygen atoms in total. The van der Waals surface area contributed by atoms with Crippen molar-refractivity contribution in [2.75, 3.05) is 0 Å². The molecule has 0 saturated carbocycles. The number of nitrogens with one attached hydrogen (secondary N) is 4. The van der Waals surface area contributed by atoms with E-state index in [1.165, 1.54) is 0 Å². The van der Waals surface area contributed by atoms with Crippen LogP contribution in [0, 0.1) is 37.5 Å². The summed E-state index contributed by atoms with van der Waals surface area (Å²) in [6.45, 7) is 19.0. The Bertz CT molecular complexity index is 1370. The second kappa shape index (κ2) is 13.1. The molecule has 210 valence electrons. The smallest absolute Gasteiger partial charge is 0.120 e. The molecule has 4 aromatic rings. The van der Waals surface area contributed by atoms with E-state index in [1.54, 1.807) is 0 Å². The summed E-state index contributed by atoms with van der Waals surface area (Å²) in [4.78, 5) is 16.0. The zero-order chi connectivity index (χ0) is 28.8. The van der Waals surface area contributed by atoms with Crippen molar-refractivity contribution >= 4 is 0 Å². The molecule has 0 aliphatic rings. The third kappa shape index (κ3) is 7.50. The standard InChI is InChI=1S/C34H44N6/c1-21(2)25(7)35-19-33-37-17-31(39-33)29-13-11-27(23(5)15-29)9-10-28-12-14-30(16-24(28)6)32-18-38-34(40-32)20-36-26(8)22(3)4/h11-18,21-22,25-26,35-36H,19-20H2,1-8H3,(H,37,39)(H,38,40)/t25-,26?/m1/s1. The number of aromatic amines is 2. The lowest BCUT2D eigenvalue weighted by molar-refractivity contribution is 0.422. The molecule has 0 spiro atoms. The van der Waals surface area contributed by atoms with E-state index >= 15 is 0 Å². The van der Waals surface area contributed by atoms with Crippen LogP contribution in [0.5, 0.6) is 0 Å². The van der Waals surface area contributed by atoms with Crippen LogP contribution in [0.15, 0.2) is 48.8 Å². The van der Waals surface area contributed by atoms with Gasteiger partial charge in [-0.15, -0.1) is 0 Å². The van der Waals surface area contributed by atoms with Crippen LogP contribution in [0.4, 0.5) is 0 Å². The summed E-state index contributed by atoms with van der Waals surface area (Å²) >= 11 is 0. The highest BCUT2D eigenvalue weighted by Crippen LogP contribution is 2.23. The van der Waals surface area contributed by atoms with E-state index in [2.05, 4.69) is 134 Å². The van der Waals surface area contributed by atoms with E-state index in [4.69, 9.17) is 0 Å². The fraction of sp³-hybridized carbons (Fsp3) is 0.412. The number of H-pyrrole nitrogens is 2. The predicted octanol–water partition coefficient (Wildman–Crippen LogP) is 6.75. The SMILES string of the molecule is Cc1cc(-c2cnc(CNC(C)C(C)C)[nH]2)ccc1C#Cc1ccc(-c2cnc(CN[C@H](C)C(C)C)[nH]2)cc1C. The van der Waals surface area contributed by atoms with Gasteiger partial charge in [-0.25, -0.2) is 9.97 Å². The van der Waals surface area contributed by atoms with Crippen LogP contribution in [0.3, 0.4) is 0 Å². The van der Waals surface area contributed by atoms with Gasteiger partial charge < -0.3 is 20.6 Å². The van der Waals surface area contributed by atoms with Crippen LogP contribution in [-0.2, 0) is 13.1 Å². The number of hydrogen-bond donors (Lipinski definition) is 4. The lowest BCUT2D eigenvalue weighted by Gasteiger charge is -2.16. The lowest BCUT2D eigenvalue weighted by Crippen LogP contribution is -2.30. The van der Waals surface area contributed by atoms with Crippen LogP contribution in [0.2, 0.25) is 0 Å². The molecule has 4 N–H and O–H groups in total. The maximum Gasteiger partial charge on any atom is 0.120 e. The quantitative estimate of drug-likeness (QED) is 0.169. The minimum atomic E-state index is 0.442. The van der Waals surface area contributed by atoms with Crippen molar-refractivity contribution in [3.05, 3.63) is 82.7 Å². The minimum absolute atomic E-state index is 0.442. The summed E-state index contributed by atoms with van der Waals surface area (Å²) in [5.74, 6) is 9.84. The van der Waals surface area contributed by atoms with Crippen molar-refractivity contribution in [2.24, 2.45) is 11.8 Å². The average molecular weight is 537 g/mol. The summed E-state index contributed by atoms with van der Waals surface area (Å²) in [6.07, 6.45) is 3.82. The summed E-state index contributed by atoms with van der Waals surface area (Å²) in [7, 11) is 0. The Kier molecular flexibility index (Phi) is 9.63. The van der Waals surface area contributed by atoms with Gasteiger partial charge in [-0.1, -0.05) is 51.7 Å². The molecule has 2 aromatic heterocycles. The Labute approximate surface area is 239 Å². The number of rotatable bonds is 10. The van der Waals surface area contributed by atoms with Gasteiger partial charge in [-0.3, -0.25) is 0 Å². The molecule has 2 heterocycles. The molecule has 0 amide bonds. The average Bonchev–Trinajstić information content (AvgIpc) is 3.60. The van der Waals surface area contributed by atoms with E-state index in [-0.39, 0.29) is 0 Å². The van der Waals surface area contributed by atoms with E-state index in [0.29, 0.717) is 23.9 Å². The van der Waals surface area contributed by atoms with Gasteiger partial charge in [0.25, 0.3) is 0 Å². The van der Waals surface area contributed by atoms with Crippen LogP contribution >= 0.6 is 0 Å². The van der Waals surface area contributed by atoms with Crippen molar-refractivity contribution in [1.82, 2.24) is 30.6 Å². The second-order valence-corrected chi connectivity index (χ2v) is 11.6. The van der Waals surface area contributed by atoms with E-state index in [9.17, 15) is 0 Å². The van der Waals surface area contributed by atoms with Crippen LogP contribution in [0.1, 0.15) is 75.4 Å². The molecule has 0 radical (unpaired) electrons. The van der Waals surface area contributed by atoms with E-state index in [0.717, 1.165) is 69.5 Å². The largest absolute Gasteiger partial charge is 0.341 e. The van der Waals surface area contributed by atoms with Gasteiger partial charge in [0.2, 0.25) is 0 Å². The van der Waals surface area contributed by atoms with Gasteiger partial charge in [0.1, 0.15) is 11.6 Å². The second-order valence-electron chi connectivity index (χ2n) is 11.6. The molecule has 1 unspecified atom stereocenters. The molecule has 0 aliphatic carbocycles. The molecule has 40 heavy (non-hydrogen) atoms. The Balaban J connectivity index is 1.42. The van der Waals surface area contributed by atoms with Crippen molar-refractivity contribution in [1.29, 1.82) is 0 Å². The fourth-order valence-electron chi connectivity index (χ4n) is 4.26. The third-order valence-electron chi connectivity index (χ3n) is 7.85. The lowest BCUT2D eigenvalue weighted by atomic mass is 10.0. The highest BCUT2D eigenvalue weighted by molar-refractivity contribution is 5.64. The number of imidazole rings is 2. The normalized spacial score (nSPS) is 12.9. The van der Waals surface area contributed by atoms with E-state index < -0.39 is 0 Å². The number of hydrogen-bond acceptors (Lipinski definition) is 4. The topological polar surface area (TPSA) is 81.4 Å². The summed E-state index contributed by atoms with van der Waals surface area (Å²) in [6, 6.07) is 13.7. The maximum absolute atomic E-state index is 4.56. The highest BCUT2D eigenvalue weighted by atomic mass is 15.0. The molecule has 0 fully saturated rings. The molecule has 4 rings (SSSR count). The Morgan fingerprint density at radius 2 is 1.05 bits per heavy atom. The summed E-state index contributed by atoms with van der Waals surface area (Å²) in [5, 5.41) is 7.05. The number of aromatic nitrogens is 4. The van der Waals surface area contributed by atoms with Crippen LogP contribution in [0.25, 0.3) is 22.5 Å². The van der Waals surface area contributed by atoms with Gasteiger partial charge in [-0.2, -0.15) is 0 Å². The van der Waals surface area contributed by atoms with Crippen LogP contribution < -0.4 is 10.6 Å². The first-order valence-electron chi connectivity index (χ1n) is 14.4. The first-order valence-corrected chi connectivity index (χ1v) is 14.4. The van der Waals surface area contributed by atoms with E-state index in [1.807, 2.05) is 12.4 Å². The zero-order valence-electron chi connectivity index (χ0n) is 25.2. The van der Waals surface area contributed by atoms with Crippen molar-refractivity contribution in [3.63, 3.8) is 0 Å². The maximum atomic E-state index is 4.56. The zero-order valence-corrected chi connectivity index (χ0v) is 25.2. The number of nitrogens with zero attached hydrogens (tertiary/aromatic N) is 2. The van der Waals surface area contributed by atoms with Crippen molar-refractivity contribution in [3.8, 4) is 34.4 Å². The molecule has 0 bridgehead atoms. The molecular weight excluding hydrogens is 492 g/mol. The fourth-order valence-corrected chi connectivity index (χ4v) is 4.26. The first kappa shape index (κ1) is 29.3. The molecule has 2 aromatic carbocycles. The van der Waals surface area contributed by atoms with Gasteiger partial charge in [0.05, 0.1) is 36.9 Å². The predicted molar refractivity (Wildman–Crippen MR) is 166 cm³/mol. The number of benzene rings is 2. The van der Waals surface area contributed by atoms with Crippen LogP contribution in [-0.4, -0.2) is 32.0 Å². The van der Waals surface area contributed by atoms with Gasteiger partial charge in [0, 0.05) is 23.2 Å². The molecule has 2 atom stereocenters. The number of aryl methyl sites for hydroxylation is 2. The molecular formula is C34H44N6. The van der Waals surface area contributed by atoms with Gasteiger partial charge in [-0.05, 0) is 86.1 Å². The Morgan fingerprint density at radius 1 is 0.650 bits per heavy atom. The minimum Gasteiger partial charge on any atom is -0.341 e. The first-order chi connectivity index (χ1) is 19.1. The molecule has 0 aliphatic heterocycles.